The number of carbonyl (C=O) groups excluding carboxylic acids is 1. The molecule has 0 unspecified atom stereocenters. The first-order valence-electron chi connectivity index (χ1n) is 4.97. The van der Waals surface area contributed by atoms with Gasteiger partial charge in [-0.3, -0.25) is 4.79 Å². The Morgan fingerprint density at radius 2 is 2.16 bits per heavy atom. The lowest BCUT2D eigenvalue weighted by molar-refractivity contribution is -0.274. The molecule has 0 saturated carbocycles. The van der Waals surface area contributed by atoms with Crippen LogP contribution >= 0.6 is 0 Å². The van der Waals surface area contributed by atoms with Crippen molar-refractivity contribution in [3.05, 3.63) is 36.2 Å². The van der Waals surface area contributed by atoms with Gasteiger partial charge in [-0.05, 0) is 12.1 Å². The lowest BCUT2D eigenvalue weighted by atomic mass is 10.3. The van der Waals surface area contributed by atoms with Crippen LogP contribution in [0.15, 0.2) is 30.5 Å². The number of halogens is 3. The lowest BCUT2D eigenvalue weighted by Gasteiger charge is -2.10. The number of nitrogens with zero attached hydrogens (tertiary/aromatic N) is 2. The Bertz CT molecular complexity index is 568. The van der Waals surface area contributed by atoms with Gasteiger partial charge in [0.1, 0.15) is 5.75 Å². The normalized spacial score (nSPS) is 11.1. The number of nitrogens with one attached hydrogen (secondary N) is 2. The van der Waals surface area contributed by atoms with Gasteiger partial charge in [-0.15, -0.1) is 13.2 Å². The summed E-state index contributed by atoms with van der Waals surface area (Å²) < 4.78 is 39.8. The zero-order valence-corrected chi connectivity index (χ0v) is 9.23. The Kier molecular flexibility index (Phi) is 3.36. The third kappa shape index (κ3) is 3.69. The maximum atomic E-state index is 12.0. The molecule has 6 nitrogen and oxygen atoms in total. The minimum absolute atomic E-state index is 0.0159. The Labute approximate surface area is 104 Å². The lowest BCUT2D eigenvalue weighted by Crippen LogP contribution is -2.17. The molecule has 1 amide bonds. The number of H-pyrrole nitrogens is 1. The number of hydrogen-bond donors (Lipinski definition) is 2. The van der Waals surface area contributed by atoms with Gasteiger partial charge in [0.05, 0.1) is 6.20 Å². The molecular weight excluding hydrogens is 265 g/mol. The van der Waals surface area contributed by atoms with E-state index in [0.29, 0.717) is 0 Å². The van der Waals surface area contributed by atoms with Crippen molar-refractivity contribution in [1.82, 2.24) is 15.4 Å². The first kappa shape index (κ1) is 12.9. The van der Waals surface area contributed by atoms with Gasteiger partial charge in [-0.2, -0.15) is 15.4 Å². The fraction of sp³-hybridized carbons (Fsp3) is 0.100. The van der Waals surface area contributed by atoms with Crippen LogP contribution in [0.4, 0.5) is 18.9 Å². The highest BCUT2D eigenvalue weighted by atomic mass is 19.4. The quantitative estimate of drug-likeness (QED) is 0.895. The van der Waals surface area contributed by atoms with Crippen LogP contribution in [0.5, 0.6) is 5.75 Å². The van der Waals surface area contributed by atoms with E-state index in [2.05, 4.69) is 25.5 Å². The summed E-state index contributed by atoms with van der Waals surface area (Å²) in [5.41, 5.74) is 0.164. The van der Waals surface area contributed by atoms with Gasteiger partial charge in [0.15, 0.2) is 5.69 Å². The van der Waals surface area contributed by atoms with Crippen molar-refractivity contribution in [1.29, 1.82) is 0 Å². The second-order valence-corrected chi connectivity index (χ2v) is 3.39. The molecule has 0 fully saturated rings. The van der Waals surface area contributed by atoms with Crippen LogP contribution in [0, 0.1) is 0 Å². The van der Waals surface area contributed by atoms with E-state index < -0.39 is 18.0 Å². The number of hydrogen-bond acceptors (Lipinski definition) is 4. The Morgan fingerprint density at radius 1 is 1.37 bits per heavy atom. The Hall–Kier alpha value is -2.58. The average Bonchev–Trinajstić information content (AvgIpc) is 2.80. The Balaban J connectivity index is 2.09. The zero-order valence-electron chi connectivity index (χ0n) is 9.23. The molecule has 0 radical (unpaired) electrons. The molecule has 1 aromatic carbocycles. The fourth-order valence-corrected chi connectivity index (χ4v) is 1.28. The van der Waals surface area contributed by atoms with Crippen molar-refractivity contribution in [2.45, 2.75) is 6.36 Å². The van der Waals surface area contributed by atoms with Crippen molar-refractivity contribution in [3.8, 4) is 5.75 Å². The number of amides is 1. The maximum absolute atomic E-state index is 12.0. The van der Waals surface area contributed by atoms with Crippen LogP contribution in [0.2, 0.25) is 0 Å². The summed E-state index contributed by atoms with van der Waals surface area (Å²) in [6, 6.07) is 4.91. The van der Waals surface area contributed by atoms with Crippen LogP contribution in [0.3, 0.4) is 0 Å². The van der Waals surface area contributed by atoms with Gasteiger partial charge in [0.25, 0.3) is 5.91 Å². The van der Waals surface area contributed by atoms with Crippen molar-refractivity contribution < 1.29 is 22.7 Å². The van der Waals surface area contributed by atoms with Gasteiger partial charge in [0, 0.05) is 11.8 Å². The molecule has 0 saturated heterocycles. The number of benzene rings is 1. The monoisotopic (exact) mass is 272 g/mol. The Morgan fingerprint density at radius 3 is 2.79 bits per heavy atom. The summed E-state index contributed by atoms with van der Waals surface area (Å²) in [6.07, 6.45) is -3.60. The molecule has 1 aromatic heterocycles. The van der Waals surface area contributed by atoms with Crippen LogP contribution < -0.4 is 10.1 Å². The molecule has 0 bridgehead atoms. The molecule has 2 aromatic rings. The molecule has 0 aliphatic heterocycles. The number of carbonyl (C=O) groups is 1. The molecule has 100 valence electrons. The molecule has 0 aliphatic rings. The molecule has 19 heavy (non-hydrogen) atoms. The van der Waals surface area contributed by atoms with Crippen LogP contribution in [-0.4, -0.2) is 27.7 Å². The molecule has 0 spiro atoms. The van der Waals surface area contributed by atoms with E-state index in [-0.39, 0.29) is 11.4 Å². The van der Waals surface area contributed by atoms with Gasteiger partial charge >= 0.3 is 6.36 Å². The highest BCUT2D eigenvalue weighted by Gasteiger charge is 2.31. The third-order valence-electron chi connectivity index (χ3n) is 1.97. The van der Waals surface area contributed by atoms with Gasteiger partial charge in [-0.1, -0.05) is 6.07 Å². The third-order valence-corrected chi connectivity index (χ3v) is 1.97. The number of anilines is 1. The number of rotatable bonds is 3. The predicted octanol–water partition coefficient (Wildman–Crippen LogP) is 1.96. The summed E-state index contributed by atoms with van der Waals surface area (Å²) in [6.45, 7) is 0. The molecule has 9 heteroatoms. The standard InChI is InChI=1S/C10H7F3N4O2/c11-10(12,13)19-7-3-1-2-6(4-7)15-9(18)8-5-14-17-16-8/h1-5H,(H,15,18)(H,14,16,17). The summed E-state index contributed by atoms with van der Waals surface area (Å²) in [5.74, 6) is -1.02. The average molecular weight is 272 g/mol. The minimum Gasteiger partial charge on any atom is -0.406 e. The fourth-order valence-electron chi connectivity index (χ4n) is 1.28. The maximum Gasteiger partial charge on any atom is 0.573 e. The number of aromatic amines is 1. The van der Waals surface area contributed by atoms with E-state index in [4.69, 9.17) is 0 Å². The van der Waals surface area contributed by atoms with E-state index in [1.807, 2.05) is 0 Å². The largest absolute Gasteiger partial charge is 0.573 e. The minimum atomic E-state index is -4.78. The number of alkyl halides is 3. The molecule has 0 atom stereocenters. The summed E-state index contributed by atoms with van der Waals surface area (Å²) in [5, 5.41) is 11.6. The topological polar surface area (TPSA) is 79.9 Å². The summed E-state index contributed by atoms with van der Waals surface area (Å²) in [7, 11) is 0. The van der Waals surface area contributed by atoms with Crippen LogP contribution in [0.1, 0.15) is 10.5 Å². The van der Waals surface area contributed by atoms with E-state index in [1.54, 1.807) is 0 Å². The van der Waals surface area contributed by atoms with Crippen molar-refractivity contribution in [2.24, 2.45) is 0 Å². The highest BCUT2D eigenvalue weighted by molar-refractivity contribution is 6.02. The predicted molar refractivity (Wildman–Crippen MR) is 57.5 cm³/mol. The van der Waals surface area contributed by atoms with Gasteiger partial charge < -0.3 is 10.1 Å². The first-order valence-corrected chi connectivity index (χ1v) is 4.97. The van der Waals surface area contributed by atoms with E-state index in [0.717, 1.165) is 12.1 Å². The van der Waals surface area contributed by atoms with E-state index in [9.17, 15) is 18.0 Å². The SMILES string of the molecule is O=C(Nc1cccc(OC(F)(F)F)c1)c1cn[nH]n1. The van der Waals surface area contributed by atoms with Crippen molar-refractivity contribution >= 4 is 11.6 Å². The van der Waals surface area contributed by atoms with Gasteiger partial charge in [-0.25, -0.2) is 0 Å². The second kappa shape index (κ2) is 4.96. The first-order chi connectivity index (χ1) is 8.94. The molecule has 2 N–H and O–H groups in total. The molecule has 2 rings (SSSR count). The van der Waals surface area contributed by atoms with Crippen molar-refractivity contribution in [2.75, 3.05) is 5.32 Å². The van der Waals surface area contributed by atoms with Crippen molar-refractivity contribution in [3.63, 3.8) is 0 Å². The van der Waals surface area contributed by atoms with E-state index in [1.165, 1.54) is 18.3 Å². The van der Waals surface area contributed by atoms with Gasteiger partial charge in [0.2, 0.25) is 0 Å². The smallest absolute Gasteiger partial charge is 0.406 e. The summed E-state index contributed by atoms with van der Waals surface area (Å²) >= 11 is 0. The highest BCUT2D eigenvalue weighted by Crippen LogP contribution is 2.25. The molecule has 0 aliphatic carbocycles. The summed E-state index contributed by atoms with van der Waals surface area (Å²) in [4.78, 5) is 11.6. The van der Waals surface area contributed by atoms with Crippen LogP contribution in [-0.2, 0) is 0 Å². The van der Waals surface area contributed by atoms with Crippen LogP contribution in [0.25, 0.3) is 0 Å². The number of ether oxygens (including phenoxy) is 1. The zero-order chi connectivity index (χ0) is 13.9. The molecular formula is C10H7F3N4O2. The second-order valence-electron chi connectivity index (χ2n) is 3.39. The number of aromatic nitrogens is 3. The molecule has 1 heterocycles. The van der Waals surface area contributed by atoms with E-state index >= 15 is 0 Å².